The summed E-state index contributed by atoms with van der Waals surface area (Å²) in [4.78, 5) is 22.6. The number of morpholine rings is 1. The Morgan fingerprint density at radius 2 is 2.20 bits per heavy atom. The van der Waals surface area contributed by atoms with Crippen LogP contribution in [-0.4, -0.2) is 49.7 Å². The number of nitrogens with one attached hydrogen (secondary N) is 2. The molecule has 2 amide bonds. The highest BCUT2D eigenvalue weighted by atomic mass is 16.5. The van der Waals surface area contributed by atoms with Crippen LogP contribution in [0.3, 0.4) is 0 Å². The number of ether oxygens (including phenoxy) is 1. The first kappa shape index (κ1) is 10.4. The predicted molar refractivity (Wildman–Crippen MR) is 51.7 cm³/mol. The summed E-state index contributed by atoms with van der Waals surface area (Å²) in [6.45, 7) is 3.15. The van der Waals surface area contributed by atoms with E-state index in [0.717, 1.165) is 0 Å². The van der Waals surface area contributed by atoms with Gasteiger partial charge < -0.3 is 10.1 Å². The molecule has 6 nitrogen and oxygen atoms in total. The van der Waals surface area contributed by atoms with Gasteiger partial charge in [0.15, 0.2) is 0 Å². The van der Waals surface area contributed by atoms with Crippen molar-refractivity contribution in [2.45, 2.75) is 6.42 Å². The van der Waals surface area contributed by atoms with Gasteiger partial charge in [-0.25, -0.2) is 5.01 Å². The molecule has 2 heterocycles. The molecule has 0 aromatic heterocycles. The minimum absolute atomic E-state index is 0.0443. The van der Waals surface area contributed by atoms with Gasteiger partial charge in [-0.2, -0.15) is 0 Å². The van der Waals surface area contributed by atoms with Gasteiger partial charge in [0.05, 0.1) is 19.1 Å². The molecule has 2 saturated heterocycles. The lowest BCUT2D eigenvalue weighted by molar-refractivity contribution is -0.132. The van der Waals surface area contributed by atoms with E-state index in [4.69, 9.17) is 4.74 Å². The summed E-state index contributed by atoms with van der Waals surface area (Å²) in [5.41, 5.74) is 2.80. The zero-order valence-corrected chi connectivity index (χ0v) is 8.49. The van der Waals surface area contributed by atoms with Gasteiger partial charge in [-0.05, 0) is 0 Å². The maximum atomic E-state index is 11.7. The Hall–Kier alpha value is -1.14. The van der Waals surface area contributed by atoms with Crippen LogP contribution in [0.2, 0.25) is 0 Å². The number of carbonyl (C=O) groups is 2. The molecule has 0 saturated carbocycles. The lowest BCUT2D eigenvalue weighted by Crippen LogP contribution is -2.50. The molecule has 1 atom stereocenters. The van der Waals surface area contributed by atoms with Crippen molar-refractivity contribution in [2.24, 2.45) is 5.92 Å². The highest BCUT2D eigenvalue weighted by Crippen LogP contribution is 2.09. The number of hydrogen-bond donors (Lipinski definition) is 2. The van der Waals surface area contributed by atoms with E-state index in [-0.39, 0.29) is 17.7 Å². The van der Waals surface area contributed by atoms with Gasteiger partial charge in [0.2, 0.25) is 11.8 Å². The molecule has 0 aromatic carbocycles. The van der Waals surface area contributed by atoms with Gasteiger partial charge in [-0.15, -0.1) is 0 Å². The minimum Gasteiger partial charge on any atom is -0.379 e. The van der Waals surface area contributed by atoms with Crippen LogP contribution in [0.25, 0.3) is 0 Å². The van der Waals surface area contributed by atoms with Gasteiger partial charge in [-0.1, -0.05) is 0 Å². The van der Waals surface area contributed by atoms with Crippen LogP contribution in [0.1, 0.15) is 6.42 Å². The Morgan fingerprint density at radius 3 is 2.80 bits per heavy atom. The largest absolute Gasteiger partial charge is 0.379 e. The number of carbonyl (C=O) groups excluding carboxylic acids is 2. The summed E-state index contributed by atoms with van der Waals surface area (Å²) in [7, 11) is 0. The number of hydrogen-bond acceptors (Lipinski definition) is 4. The van der Waals surface area contributed by atoms with Crippen LogP contribution in [-0.2, 0) is 14.3 Å². The normalized spacial score (nSPS) is 27.5. The predicted octanol–water partition coefficient (Wildman–Crippen LogP) is -1.51. The molecule has 84 valence electrons. The quantitative estimate of drug-likeness (QED) is 0.585. The van der Waals surface area contributed by atoms with Crippen LogP contribution >= 0.6 is 0 Å². The average molecular weight is 213 g/mol. The molecule has 0 radical (unpaired) electrons. The fraction of sp³-hybridized carbons (Fsp3) is 0.778. The molecule has 0 aromatic rings. The van der Waals surface area contributed by atoms with Crippen molar-refractivity contribution in [2.75, 3.05) is 32.8 Å². The van der Waals surface area contributed by atoms with Crippen molar-refractivity contribution in [3.8, 4) is 0 Å². The van der Waals surface area contributed by atoms with Crippen molar-refractivity contribution in [1.29, 1.82) is 0 Å². The molecule has 2 fully saturated rings. The molecular weight excluding hydrogens is 198 g/mol. The monoisotopic (exact) mass is 213 g/mol. The van der Waals surface area contributed by atoms with Crippen LogP contribution in [0, 0.1) is 5.92 Å². The molecule has 1 unspecified atom stereocenters. The van der Waals surface area contributed by atoms with E-state index in [1.807, 2.05) is 5.01 Å². The number of nitrogens with zero attached hydrogens (tertiary/aromatic N) is 1. The Labute approximate surface area is 87.9 Å². The Morgan fingerprint density at radius 1 is 1.47 bits per heavy atom. The molecule has 2 aliphatic rings. The second-order valence-corrected chi connectivity index (χ2v) is 3.78. The summed E-state index contributed by atoms with van der Waals surface area (Å²) in [5, 5.41) is 4.49. The van der Waals surface area contributed by atoms with Gasteiger partial charge >= 0.3 is 0 Å². The zero-order valence-electron chi connectivity index (χ0n) is 8.49. The first-order chi connectivity index (χ1) is 7.25. The third-order valence-corrected chi connectivity index (χ3v) is 2.63. The average Bonchev–Trinajstić information content (AvgIpc) is 2.66. The van der Waals surface area contributed by atoms with Crippen molar-refractivity contribution < 1.29 is 14.3 Å². The molecule has 0 aliphatic carbocycles. The standard InChI is InChI=1S/C9H15N3O3/c13-8-5-7(6-10-8)9(14)11-12-1-3-15-4-2-12/h7H,1-6H2,(H,10,13)(H,11,14). The first-order valence-corrected chi connectivity index (χ1v) is 5.15. The highest BCUT2D eigenvalue weighted by molar-refractivity contribution is 5.88. The van der Waals surface area contributed by atoms with E-state index in [1.54, 1.807) is 0 Å². The van der Waals surface area contributed by atoms with Crippen molar-refractivity contribution in [3.05, 3.63) is 0 Å². The van der Waals surface area contributed by atoms with Crippen molar-refractivity contribution >= 4 is 11.8 Å². The van der Waals surface area contributed by atoms with Crippen LogP contribution in [0.4, 0.5) is 0 Å². The van der Waals surface area contributed by atoms with Crippen LogP contribution < -0.4 is 10.7 Å². The molecule has 2 N–H and O–H groups in total. The fourth-order valence-corrected chi connectivity index (χ4v) is 1.71. The molecule has 2 aliphatic heterocycles. The second-order valence-electron chi connectivity index (χ2n) is 3.78. The smallest absolute Gasteiger partial charge is 0.239 e. The maximum absolute atomic E-state index is 11.7. The maximum Gasteiger partial charge on any atom is 0.239 e. The molecule has 6 heteroatoms. The Kier molecular flexibility index (Phi) is 3.17. The van der Waals surface area contributed by atoms with E-state index in [2.05, 4.69) is 10.7 Å². The molecular formula is C9H15N3O3. The second kappa shape index (κ2) is 4.59. The van der Waals surface area contributed by atoms with E-state index in [0.29, 0.717) is 39.3 Å². The highest BCUT2D eigenvalue weighted by Gasteiger charge is 2.29. The van der Waals surface area contributed by atoms with Gasteiger partial charge in [-0.3, -0.25) is 15.0 Å². The SMILES string of the molecule is O=C1CC(C(=O)NN2CCOCC2)CN1. The number of hydrazine groups is 1. The molecule has 0 spiro atoms. The minimum atomic E-state index is -0.222. The fourth-order valence-electron chi connectivity index (χ4n) is 1.71. The van der Waals surface area contributed by atoms with E-state index < -0.39 is 0 Å². The van der Waals surface area contributed by atoms with Gasteiger partial charge in [0.25, 0.3) is 0 Å². The van der Waals surface area contributed by atoms with Gasteiger partial charge in [0, 0.05) is 26.1 Å². The Balaban J connectivity index is 1.78. The first-order valence-electron chi connectivity index (χ1n) is 5.15. The molecule has 15 heavy (non-hydrogen) atoms. The third-order valence-electron chi connectivity index (χ3n) is 2.63. The topological polar surface area (TPSA) is 70.7 Å². The summed E-state index contributed by atoms with van der Waals surface area (Å²) in [6, 6.07) is 0. The van der Waals surface area contributed by atoms with Crippen molar-refractivity contribution in [1.82, 2.24) is 15.8 Å². The summed E-state index contributed by atoms with van der Waals surface area (Å²) in [6.07, 6.45) is 0.302. The zero-order chi connectivity index (χ0) is 10.7. The van der Waals surface area contributed by atoms with E-state index in [9.17, 15) is 9.59 Å². The summed E-state index contributed by atoms with van der Waals surface area (Å²) in [5.74, 6) is -0.340. The summed E-state index contributed by atoms with van der Waals surface area (Å²) < 4.78 is 5.16. The molecule has 0 bridgehead atoms. The van der Waals surface area contributed by atoms with E-state index >= 15 is 0 Å². The molecule has 2 rings (SSSR count). The lowest BCUT2D eigenvalue weighted by Gasteiger charge is -2.27. The number of amides is 2. The summed E-state index contributed by atoms with van der Waals surface area (Å²) >= 11 is 0. The number of rotatable bonds is 2. The van der Waals surface area contributed by atoms with Crippen LogP contribution in [0.5, 0.6) is 0 Å². The van der Waals surface area contributed by atoms with Crippen LogP contribution in [0.15, 0.2) is 0 Å². The van der Waals surface area contributed by atoms with E-state index in [1.165, 1.54) is 0 Å². The van der Waals surface area contributed by atoms with Gasteiger partial charge in [0.1, 0.15) is 0 Å². The third kappa shape index (κ3) is 2.66. The van der Waals surface area contributed by atoms with Crippen molar-refractivity contribution in [3.63, 3.8) is 0 Å². The Bertz CT molecular complexity index is 263. The lowest BCUT2D eigenvalue weighted by atomic mass is 10.1.